The fourth-order valence-corrected chi connectivity index (χ4v) is 2.93. The summed E-state index contributed by atoms with van der Waals surface area (Å²) in [7, 11) is 0. The van der Waals surface area contributed by atoms with Gasteiger partial charge in [0.15, 0.2) is 0 Å². The third kappa shape index (κ3) is 3.70. The summed E-state index contributed by atoms with van der Waals surface area (Å²) in [6, 6.07) is 11.2. The molecule has 2 aromatic carbocycles. The minimum Gasteiger partial charge on any atom is -0.507 e. The van der Waals surface area contributed by atoms with Gasteiger partial charge in [-0.15, -0.1) is 0 Å². The average Bonchev–Trinajstić information content (AvgIpc) is 2.61. The van der Waals surface area contributed by atoms with Crippen LogP contribution in [0.2, 0.25) is 5.02 Å². The van der Waals surface area contributed by atoms with Crippen LogP contribution in [0.4, 0.5) is 0 Å². The largest absolute Gasteiger partial charge is 0.507 e. The zero-order valence-electron chi connectivity index (χ0n) is 14.2. The maximum atomic E-state index is 12.8. The van der Waals surface area contributed by atoms with Crippen LogP contribution in [0.1, 0.15) is 29.5 Å². The highest BCUT2D eigenvalue weighted by atomic mass is 35.5. The van der Waals surface area contributed by atoms with Crippen molar-refractivity contribution >= 4 is 28.4 Å². The van der Waals surface area contributed by atoms with Crippen molar-refractivity contribution in [3.05, 3.63) is 69.2 Å². The molecule has 1 aromatic heterocycles. The molecule has 3 rings (SSSR count). The molecule has 0 saturated carbocycles. The zero-order chi connectivity index (χ0) is 18.7. The van der Waals surface area contributed by atoms with E-state index in [4.69, 9.17) is 11.6 Å². The fraction of sp³-hybridized carbons (Fsp3) is 0.211. The Balaban J connectivity index is 1.95. The normalized spacial score (nSPS) is 10.8. The smallest absolute Gasteiger partial charge is 0.258 e. The Hall–Kier alpha value is -2.86. The van der Waals surface area contributed by atoms with Crippen molar-refractivity contribution < 1.29 is 9.90 Å². The minimum atomic E-state index is -0.321. The molecule has 1 heterocycles. The lowest BCUT2D eigenvalue weighted by molar-refractivity contribution is 0.0736. The summed E-state index contributed by atoms with van der Waals surface area (Å²) in [5, 5.41) is 10.9. The van der Waals surface area contributed by atoms with Crippen molar-refractivity contribution in [2.75, 3.05) is 6.54 Å². The van der Waals surface area contributed by atoms with Crippen LogP contribution in [-0.4, -0.2) is 32.4 Å². The minimum absolute atomic E-state index is 0.0784. The van der Waals surface area contributed by atoms with Gasteiger partial charge in [-0.1, -0.05) is 30.7 Å². The number of aromatic amines is 1. The summed E-state index contributed by atoms with van der Waals surface area (Å²) >= 11 is 5.98. The first-order valence-electron chi connectivity index (χ1n) is 8.25. The highest BCUT2D eigenvalue weighted by Crippen LogP contribution is 2.19. The summed E-state index contributed by atoms with van der Waals surface area (Å²) in [4.78, 5) is 33.7. The summed E-state index contributed by atoms with van der Waals surface area (Å²) in [6.07, 6.45) is 0.725. The van der Waals surface area contributed by atoms with E-state index in [1.54, 1.807) is 41.3 Å². The van der Waals surface area contributed by atoms with Crippen LogP contribution in [0.25, 0.3) is 10.9 Å². The van der Waals surface area contributed by atoms with E-state index in [1.165, 1.54) is 6.07 Å². The highest BCUT2D eigenvalue weighted by molar-refractivity contribution is 6.31. The lowest BCUT2D eigenvalue weighted by Gasteiger charge is -2.22. The van der Waals surface area contributed by atoms with Gasteiger partial charge in [-0.2, -0.15) is 0 Å². The number of aromatic nitrogens is 2. The summed E-state index contributed by atoms with van der Waals surface area (Å²) < 4.78 is 0. The van der Waals surface area contributed by atoms with Crippen molar-refractivity contribution in [2.24, 2.45) is 0 Å². The van der Waals surface area contributed by atoms with Gasteiger partial charge in [0.05, 0.1) is 23.0 Å². The van der Waals surface area contributed by atoms with Crippen LogP contribution in [0.3, 0.4) is 0 Å². The average molecular weight is 372 g/mol. The molecule has 0 bridgehead atoms. The molecular weight excluding hydrogens is 354 g/mol. The number of phenols is 1. The Kier molecular flexibility index (Phi) is 5.23. The molecule has 6 nitrogen and oxygen atoms in total. The molecule has 26 heavy (non-hydrogen) atoms. The van der Waals surface area contributed by atoms with Gasteiger partial charge in [-0.25, -0.2) is 4.98 Å². The van der Waals surface area contributed by atoms with Crippen LogP contribution in [0.5, 0.6) is 5.75 Å². The van der Waals surface area contributed by atoms with E-state index < -0.39 is 0 Å². The van der Waals surface area contributed by atoms with Crippen molar-refractivity contribution in [2.45, 2.75) is 19.9 Å². The number of amides is 1. The summed E-state index contributed by atoms with van der Waals surface area (Å²) in [5.74, 6) is -0.0360. The molecule has 0 radical (unpaired) electrons. The van der Waals surface area contributed by atoms with E-state index in [0.717, 1.165) is 6.42 Å². The van der Waals surface area contributed by atoms with Gasteiger partial charge in [-0.05, 0) is 36.8 Å². The van der Waals surface area contributed by atoms with Crippen LogP contribution in [-0.2, 0) is 6.54 Å². The number of carbonyl (C=O) groups is 1. The van der Waals surface area contributed by atoms with Gasteiger partial charge in [0.2, 0.25) is 0 Å². The lowest BCUT2D eigenvalue weighted by atomic mass is 10.1. The van der Waals surface area contributed by atoms with E-state index in [9.17, 15) is 14.7 Å². The molecular formula is C19H18ClN3O3. The number of hydrogen-bond donors (Lipinski definition) is 2. The number of rotatable bonds is 5. The van der Waals surface area contributed by atoms with Gasteiger partial charge in [0.25, 0.3) is 11.5 Å². The number of benzene rings is 2. The fourth-order valence-electron chi connectivity index (χ4n) is 2.76. The number of nitrogens with zero attached hydrogens (tertiary/aromatic N) is 2. The van der Waals surface area contributed by atoms with Crippen molar-refractivity contribution in [1.29, 1.82) is 0 Å². The number of para-hydroxylation sites is 1. The summed E-state index contributed by atoms with van der Waals surface area (Å²) in [5.41, 5.74) is 0.406. The maximum Gasteiger partial charge on any atom is 0.258 e. The molecule has 0 saturated heterocycles. The predicted molar refractivity (Wildman–Crippen MR) is 101 cm³/mol. The molecule has 2 N–H and O–H groups in total. The first-order chi connectivity index (χ1) is 12.5. The van der Waals surface area contributed by atoms with Crippen LogP contribution < -0.4 is 5.56 Å². The quantitative estimate of drug-likeness (QED) is 0.720. The van der Waals surface area contributed by atoms with E-state index in [0.29, 0.717) is 28.3 Å². The molecule has 134 valence electrons. The Bertz CT molecular complexity index is 1020. The van der Waals surface area contributed by atoms with Crippen LogP contribution in [0.15, 0.2) is 47.3 Å². The number of carbonyl (C=O) groups excluding carboxylic acids is 1. The second kappa shape index (κ2) is 7.58. The number of nitrogens with one attached hydrogen (secondary N) is 1. The predicted octanol–water partition coefficient (Wildman–Crippen LogP) is 3.33. The van der Waals surface area contributed by atoms with Crippen LogP contribution in [0, 0.1) is 0 Å². The first kappa shape index (κ1) is 17.9. The highest BCUT2D eigenvalue weighted by Gasteiger charge is 2.19. The number of H-pyrrole nitrogens is 1. The van der Waals surface area contributed by atoms with Gasteiger partial charge < -0.3 is 15.0 Å². The molecule has 0 aliphatic carbocycles. The van der Waals surface area contributed by atoms with Crippen molar-refractivity contribution in [1.82, 2.24) is 14.9 Å². The second-order valence-corrected chi connectivity index (χ2v) is 6.35. The molecule has 0 aliphatic rings. The standard InChI is InChI=1S/C19H18ClN3O3/c1-2-9-23(19(26)14-5-3-4-6-16(14)24)11-17-21-15-10-12(20)7-8-13(15)18(25)22-17/h3-8,10,24H,2,9,11H2,1H3,(H,21,22,25). The molecule has 7 heteroatoms. The Labute approximate surface area is 155 Å². The third-order valence-corrected chi connectivity index (χ3v) is 4.21. The number of fused-ring (bicyclic) bond motifs is 1. The number of halogens is 1. The Morgan fingerprint density at radius 3 is 2.77 bits per heavy atom. The SMILES string of the molecule is CCCN(Cc1nc2cc(Cl)ccc2c(=O)[nH]1)C(=O)c1ccccc1O. The maximum absolute atomic E-state index is 12.8. The second-order valence-electron chi connectivity index (χ2n) is 5.92. The van der Waals surface area contributed by atoms with Gasteiger partial charge in [-0.3, -0.25) is 9.59 Å². The number of aromatic hydroxyl groups is 1. The molecule has 1 amide bonds. The van der Waals surface area contributed by atoms with Gasteiger partial charge >= 0.3 is 0 Å². The Morgan fingerprint density at radius 2 is 2.04 bits per heavy atom. The molecule has 0 atom stereocenters. The zero-order valence-corrected chi connectivity index (χ0v) is 15.0. The molecule has 0 spiro atoms. The first-order valence-corrected chi connectivity index (χ1v) is 8.63. The molecule has 0 fully saturated rings. The molecule has 0 aliphatic heterocycles. The van der Waals surface area contributed by atoms with Gasteiger partial charge in [0.1, 0.15) is 11.6 Å². The van der Waals surface area contributed by atoms with E-state index in [-0.39, 0.29) is 29.3 Å². The van der Waals surface area contributed by atoms with E-state index >= 15 is 0 Å². The molecule has 0 unspecified atom stereocenters. The van der Waals surface area contributed by atoms with Gasteiger partial charge in [0, 0.05) is 11.6 Å². The Morgan fingerprint density at radius 1 is 1.27 bits per heavy atom. The van der Waals surface area contributed by atoms with E-state index in [1.807, 2.05) is 6.92 Å². The number of phenolic OH excluding ortho intramolecular Hbond substituents is 1. The molecule has 3 aromatic rings. The topological polar surface area (TPSA) is 86.3 Å². The summed E-state index contributed by atoms with van der Waals surface area (Å²) in [6.45, 7) is 2.53. The van der Waals surface area contributed by atoms with E-state index in [2.05, 4.69) is 9.97 Å². The lowest BCUT2D eigenvalue weighted by Crippen LogP contribution is -2.32. The number of hydrogen-bond acceptors (Lipinski definition) is 4. The monoisotopic (exact) mass is 371 g/mol. The van der Waals surface area contributed by atoms with Crippen molar-refractivity contribution in [3.8, 4) is 5.75 Å². The van der Waals surface area contributed by atoms with Crippen molar-refractivity contribution in [3.63, 3.8) is 0 Å². The third-order valence-electron chi connectivity index (χ3n) is 3.97. The van der Waals surface area contributed by atoms with Crippen LogP contribution >= 0.6 is 11.6 Å².